The van der Waals surface area contributed by atoms with Gasteiger partial charge in [0.05, 0.1) is 17.2 Å². The van der Waals surface area contributed by atoms with Gasteiger partial charge < -0.3 is 9.15 Å². The first-order valence-corrected chi connectivity index (χ1v) is 6.25. The lowest BCUT2D eigenvalue weighted by Gasteiger charge is -1.99. The number of hydrogen-bond donors (Lipinski definition) is 0. The maximum Gasteiger partial charge on any atom is 0.396 e. The molecule has 0 atom stereocenters. The van der Waals surface area contributed by atoms with Gasteiger partial charge in [0.15, 0.2) is 0 Å². The van der Waals surface area contributed by atoms with Crippen LogP contribution in [0.25, 0.3) is 11.5 Å². The highest BCUT2D eigenvalue weighted by Gasteiger charge is 2.18. The second-order valence-electron chi connectivity index (χ2n) is 3.26. The first-order chi connectivity index (χ1) is 8.61. The van der Waals surface area contributed by atoms with Crippen LogP contribution in [0.5, 0.6) is 0 Å². The van der Waals surface area contributed by atoms with Gasteiger partial charge in [-0.15, -0.1) is 10.2 Å². The van der Waals surface area contributed by atoms with Crippen LogP contribution in [0.2, 0.25) is 5.02 Å². The third-order valence-corrected chi connectivity index (χ3v) is 2.84. The summed E-state index contributed by atoms with van der Waals surface area (Å²) in [6.07, 6.45) is 0. The Labute approximate surface area is 116 Å². The van der Waals surface area contributed by atoms with Crippen molar-refractivity contribution < 1.29 is 13.9 Å². The van der Waals surface area contributed by atoms with E-state index in [9.17, 15) is 4.79 Å². The number of carbonyl (C=O) groups is 1. The smallest absolute Gasteiger partial charge is 0.396 e. The molecule has 0 aliphatic carbocycles. The van der Waals surface area contributed by atoms with Crippen molar-refractivity contribution in [2.75, 3.05) is 6.61 Å². The van der Waals surface area contributed by atoms with Gasteiger partial charge in [0, 0.05) is 4.47 Å². The summed E-state index contributed by atoms with van der Waals surface area (Å²) < 4.78 is 10.8. The lowest BCUT2D eigenvalue weighted by atomic mass is 10.2. The fourth-order valence-electron chi connectivity index (χ4n) is 1.27. The van der Waals surface area contributed by atoms with Crippen LogP contribution in [-0.2, 0) is 4.74 Å². The van der Waals surface area contributed by atoms with Crippen molar-refractivity contribution in [3.8, 4) is 11.5 Å². The van der Waals surface area contributed by atoms with Crippen molar-refractivity contribution in [2.45, 2.75) is 6.92 Å². The predicted molar refractivity (Wildman–Crippen MR) is 68.4 cm³/mol. The number of esters is 1. The summed E-state index contributed by atoms with van der Waals surface area (Å²) in [4.78, 5) is 11.4. The van der Waals surface area contributed by atoms with E-state index in [0.717, 1.165) is 4.47 Å². The van der Waals surface area contributed by atoms with E-state index in [1.807, 2.05) is 0 Å². The van der Waals surface area contributed by atoms with Gasteiger partial charge in [0.1, 0.15) is 0 Å². The Kier molecular flexibility index (Phi) is 3.98. The molecule has 0 aliphatic heterocycles. The quantitative estimate of drug-likeness (QED) is 0.807. The minimum atomic E-state index is -0.649. The Morgan fingerprint density at radius 2 is 2.28 bits per heavy atom. The van der Waals surface area contributed by atoms with Crippen LogP contribution in [0, 0.1) is 0 Å². The van der Waals surface area contributed by atoms with E-state index in [1.54, 1.807) is 25.1 Å². The Morgan fingerprint density at radius 3 is 2.94 bits per heavy atom. The monoisotopic (exact) mass is 330 g/mol. The van der Waals surface area contributed by atoms with Crippen molar-refractivity contribution in [1.29, 1.82) is 0 Å². The molecule has 94 valence electrons. The van der Waals surface area contributed by atoms with Gasteiger partial charge in [-0.2, -0.15) is 0 Å². The maximum absolute atomic E-state index is 11.4. The number of halogens is 2. The average molecular weight is 332 g/mol. The van der Waals surface area contributed by atoms with Crippen LogP contribution in [0.1, 0.15) is 17.6 Å². The van der Waals surface area contributed by atoms with Crippen LogP contribution in [0.3, 0.4) is 0 Å². The van der Waals surface area contributed by atoms with Crippen molar-refractivity contribution in [3.05, 3.63) is 33.6 Å². The summed E-state index contributed by atoms with van der Waals surface area (Å²) in [6, 6.07) is 5.20. The van der Waals surface area contributed by atoms with Gasteiger partial charge in [-0.3, -0.25) is 0 Å². The van der Waals surface area contributed by atoms with Crippen LogP contribution in [0.15, 0.2) is 27.1 Å². The van der Waals surface area contributed by atoms with E-state index < -0.39 is 5.97 Å². The first kappa shape index (κ1) is 13.0. The SMILES string of the molecule is CCOC(=O)c1nnc(-c2ccc(Br)cc2Cl)o1. The lowest BCUT2D eigenvalue weighted by Crippen LogP contribution is -2.04. The Balaban J connectivity index is 2.32. The number of nitrogens with zero attached hydrogens (tertiary/aromatic N) is 2. The van der Waals surface area contributed by atoms with Crippen molar-refractivity contribution in [2.24, 2.45) is 0 Å². The molecule has 7 heteroatoms. The molecule has 0 saturated heterocycles. The summed E-state index contributed by atoms with van der Waals surface area (Å²) in [5.41, 5.74) is 0.558. The van der Waals surface area contributed by atoms with E-state index in [0.29, 0.717) is 10.6 Å². The normalized spacial score (nSPS) is 10.4. The Bertz CT molecular complexity index is 585. The minimum absolute atomic E-state index is 0.176. The molecule has 0 N–H and O–H groups in total. The molecule has 0 aliphatic rings. The van der Waals surface area contributed by atoms with Gasteiger partial charge in [-0.05, 0) is 25.1 Å². The molecule has 2 aromatic rings. The van der Waals surface area contributed by atoms with E-state index in [2.05, 4.69) is 26.1 Å². The molecule has 0 spiro atoms. The van der Waals surface area contributed by atoms with E-state index in [1.165, 1.54) is 0 Å². The fraction of sp³-hybridized carbons (Fsp3) is 0.182. The summed E-state index contributed by atoms with van der Waals surface area (Å²) in [5.74, 6) is -0.661. The van der Waals surface area contributed by atoms with Crippen LogP contribution >= 0.6 is 27.5 Å². The molecule has 0 fully saturated rings. The number of rotatable bonds is 3. The Hall–Kier alpha value is -1.40. The third kappa shape index (κ3) is 2.70. The molecule has 0 unspecified atom stereocenters. The van der Waals surface area contributed by atoms with Gasteiger partial charge in [0.25, 0.3) is 0 Å². The first-order valence-electron chi connectivity index (χ1n) is 5.08. The molecule has 1 aromatic carbocycles. The van der Waals surface area contributed by atoms with E-state index >= 15 is 0 Å². The maximum atomic E-state index is 11.4. The molecule has 0 saturated carbocycles. The van der Waals surface area contributed by atoms with Gasteiger partial charge in [-0.1, -0.05) is 27.5 Å². The second kappa shape index (κ2) is 5.49. The zero-order valence-corrected chi connectivity index (χ0v) is 11.7. The number of carbonyl (C=O) groups excluding carboxylic acids is 1. The second-order valence-corrected chi connectivity index (χ2v) is 4.58. The van der Waals surface area contributed by atoms with Gasteiger partial charge >= 0.3 is 11.9 Å². The zero-order chi connectivity index (χ0) is 13.1. The van der Waals surface area contributed by atoms with Gasteiger partial charge in [-0.25, -0.2) is 4.79 Å². The summed E-state index contributed by atoms with van der Waals surface area (Å²) in [5, 5.41) is 7.82. The highest BCUT2D eigenvalue weighted by Crippen LogP contribution is 2.29. The lowest BCUT2D eigenvalue weighted by molar-refractivity contribution is 0.0481. The summed E-state index contributed by atoms with van der Waals surface area (Å²) in [7, 11) is 0. The molecule has 5 nitrogen and oxygen atoms in total. The molecular formula is C11H8BrClN2O3. The third-order valence-electron chi connectivity index (χ3n) is 2.04. The Morgan fingerprint density at radius 1 is 1.50 bits per heavy atom. The molecule has 18 heavy (non-hydrogen) atoms. The van der Waals surface area contributed by atoms with Crippen molar-refractivity contribution in [1.82, 2.24) is 10.2 Å². The number of hydrogen-bond acceptors (Lipinski definition) is 5. The number of ether oxygens (including phenoxy) is 1. The molecule has 0 amide bonds. The average Bonchev–Trinajstić information content (AvgIpc) is 2.78. The van der Waals surface area contributed by atoms with Crippen molar-refractivity contribution in [3.63, 3.8) is 0 Å². The van der Waals surface area contributed by atoms with E-state index in [-0.39, 0.29) is 18.4 Å². The molecule has 1 aromatic heterocycles. The molecule has 0 bridgehead atoms. The molecular weight excluding hydrogens is 323 g/mol. The predicted octanol–water partition coefficient (Wildman–Crippen LogP) is 3.33. The minimum Gasteiger partial charge on any atom is -0.459 e. The van der Waals surface area contributed by atoms with E-state index in [4.69, 9.17) is 20.8 Å². The van der Waals surface area contributed by atoms with Crippen LogP contribution in [-0.4, -0.2) is 22.8 Å². The zero-order valence-electron chi connectivity index (χ0n) is 9.31. The highest BCUT2D eigenvalue weighted by molar-refractivity contribution is 9.10. The summed E-state index contributed by atoms with van der Waals surface area (Å²) in [6.45, 7) is 1.94. The van der Waals surface area contributed by atoms with Gasteiger partial charge in [0.2, 0.25) is 5.89 Å². The van der Waals surface area contributed by atoms with Crippen LogP contribution in [0.4, 0.5) is 0 Å². The fourth-order valence-corrected chi connectivity index (χ4v) is 2.02. The molecule has 1 heterocycles. The molecule has 0 radical (unpaired) electrons. The standard InChI is InChI=1S/C11H8BrClN2O3/c1-2-17-11(16)10-15-14-9(18-10)7-4-3-6(12)5-8(7)13/h3-5H,2H2,1H3. The number of aromatic nitrogens is 2. The highest BCUT2D eigenvalue weighted by atomic mass is 79.9. The van der Waals surface area contributed by atoms with Crippen molar-refractivity contribution >= 4 is 33.5 Å². The largest absolute Gasteiger partial charge is 0.459 e. The summed E-state index contributed by atoms with van der Waals surface area (Å²) >= 11 is 9.33. The topological polar surface area (TPSA) is 65.2 Å². The molecule has 2 rings (SSSR count). The van der Waals surface area contributed by atoms with Crippen LogP contribution < -0.4 is 0 Å². The number of benzene rings is 1.